The molecular formula is C14H20N4O. The summed E-state index contributed by atoms with van der Waals surface area (Å²) in [6.07, 6.45) is 9.90. The van der Waals surface area contributed by atoms with Crippen molar-refractivity contribution < 1.29 is 4.52 Å². The van der Waals surface area contributed by atoms with E-state index in [4.69, 9.17) is 10.3 Å². The Balaban J connectivity index is 1.89. The lowest BCUT2D eigenvalue weighted by Gasteiger charge is -2.21. The highest BCUT2D eigenvalue weighted by molar-refractivity contribution is 5.05. The molecule has 1 saturated carbocycles. The van der Waals surface area contributed by atoms with Crippen LogP contribution < -0.4 is 5.73 Å². The van der Waals surface area contributed by atoms with E-state index >= 15 is 0 Å². The summed E-state index contributed by atoms with van der Waals surface area (Å²) in [7, 11) is 0. The van der Waals surface area contributed by atoms with Crippen LogP contribution in [0.5, 0.6) is 0 Å². The van der Waals surface area contributed by atoms with E-state index in [0.717, 1.165) is 5.82 Å². The predicted molar refractivity (Wildman–Crippen MR) is 71.6 cm³/mol. The molecule has 2 heterocycles. The molecule has 0 unspecified atom stereocenters. The second-order valence-electron chi connectivity index (χ2n) is 5.20. The molecule has 2 aromatic heterocycles. The summed E-state index contributed by atoms with van der Waals surface area (Å²) in [5.74, 6) is 2.05. The smallest absolute Gasteiger partial charge is 0.227 e. The zero-order chi connectivity index (χ0) is 13.1. The molecule has 1 aliphatic carbocycles. The number of nitrogens with zero attached hydrogens (tertiary/aromatic N) is 3. The van der Waals surface area contributed by atoms with Crippen LogP contribution in [0.4, 0.5) is 0 Å². The number of rotatable bonds is 5. The van der Waals surface area contributed by atoms with Gasteiger partial charge < -0.3 is 14.8 Å². The van der Waals surface area contributed by atoms with Gasteiger partial charge in [0.15, 0.2) is 5.82 Å². The van der Waals surface area contributed by atoms with Crippen molar-refractivity contribution in [2.24, 2.45) is 11.7 Å². The predicted octanol–water partition coefficient (Wildman–Crippen LogP) is 2.15. The van der Waals surface area contributed by atoms with Crippen molar-refractivity contribution in [1.29, 1.82) is 0 Å². The lowest BCUT2D eigenvalue weighted by Crippen LogP contribution is -2.19. The summed E-state index contributed by atoms with van der Waals surface area (Å²) < 4.78 is 7.49. The van der Waals surface area contributed by atoms with E-state index in [1.807, 2.05) is 12.1 Å². The summed E-state index contributed by atoms with van der Waals surface area (Å²) >= 11 is 0. The van der Waals surface area contributed by atoms with Gasteiger partial charge in [0.2, 0.25) is 5.89 Å². The molecule has 0 saturated heterocycles. The molecule has 3 rings (SSSR count). The molecule has 19 heavy (non-hydrogen) atoms. The first-order chi connectivity index (χ1) is 9.38. The van der Waals surface area contributed by atoms with Crippen molar-refractivity contribution in [3.63, 3.8) is 0 Å². The maximum absolute atomic E-state index is 5.53. The molecule has 0 aliphatic heterocycles. The fourth-order valence-corrected chi connectivity index (χ4v) is 3.01. The van der Waals surface area contributed by atoms with Crippen LogP contribution >= 0.6 is 0 Å². The van der Waals surface area contributed by atoms with Gasteiger partial charge in [-0.25, -0.2) is 0 Å². The summed E-state index contributed by atoms with van der Waals surface area (Å²) in [6, 6.07) is 4.29. The van der Waals surface area contributed by atoms with E-state index in [0.29, 0.717) is 24.8 Å². The third-order valence-electron chi connectivity index (χ3n) is 3.90. The largest absolute Gasteiger partial charge is 0.343 e. The third kappa shape index (κ3) is 2.56. The normalized spacial score (nSPS) is 17.9. The minimum atomic E-state index is 0.202. The average Bonchev–Trinajstić information content (AvgIpc) is 3.13. The number of aromatic nitrogens is 3. The molecule has 1 aliphatic rings. The quantitative estimate of drug-likeness (QED) is 0.894. The van der Waals surface area contributed by atoms with Crippen LogP contribution in [0, 0.1) is 5.92 Å². The lowest BCUT2D eigenvalue weighted by atomic mass is 9.97. The number of hydrogen-bond donors (Lipinski definition) is 1. The molecule has 0 amide bonds. The molecule has 102 valence electrons. The third-order valence-corrected chi connectivity index (χ3v) is 3.90. The van der Waals surface area contributed by atoms with E-state index in [9.17, 15) is 0 Å². The Morgan fingerprint density at radius 3 is 2.74 bits per heavy atom. The van der Waals surface area contributed by atoms with E-state index in [2.05, 4.69) is 27.1 Å². The first-order valence-corrected chi connectivity index (χ1v) is 7.03. The van der Waals surface area contributed by atoms with Crippen molar-refractivity contribution in [1.82, 2.24) is 14.7 Å². The minimum absolute atomic E-state index is 0.202. The van der Waals surface area contributed by atoms with Crippen LogP contribution in [-0.4, -0.2) is 21.3 Å². The van der Waals surface area contributed by atoms with Crippen LogP contribution in [-0.2, 0) is 6.42 Å². The first-order valence-electron chi connectivity index (χ1n) is 7.03. The van der Waals surface area contributed by atoms with E-state index < -0.39 is 0 Å². The molecule has 1 atom stereocenters. The van der Waals surface area contributed by atoms with E-state index in [1.165, 1.54) is 25.7 Å². The average molecular weight is 260 g/mol. The Kier molecular flexibility index (Phi) is 3.64. The lowest BCUT2D eigenvalue weighted by molar-refractivity contribution is 0.335. The molecular weight excluding hydrogens is 240 g/mol. The fraction of sp³-hybridized carbons (Fsp3) is 0.571. The number of hydrogen-bond acceptors (Lipinski definition) is 4. The fourth-order valence-electron chi connectivity index (χ4n) is 3.01. The van der Waals surface area contributed by atoms with Crippen molar-refractivity contribution in [3.8, 4) is 0 Å². The minimum Gasteiger partial charge on any atom is -0.343 e. The van der Waals surface area contributed by atoms with Gasteiger partial charge in [0.05, 0.1) is 6.04 Å². The van der Waals surface area contributed by atoms with E-state index in [1.54, 1.807) is 0 Å². The second-order valence-corrected chi connectivity index (χ2v) is 5.20. The van der Waals surface area contributed by atoms with Gasteiger partial charge >= 0.3 is 0 Å². The molecule has 0 aromatic carbocycles. The Morgan fingerprint density at radius 2 is 2.05 bits per heavy atom. The SMILES string of the molecule is NCCc1nc([C@@H](C2CCCC2)n2cccc2)no1. The monoisotopic (exact) mass is 260 g/mol. The molecule has 5 heteroatoms. The van der Waals surface area contributed by atoms with Gasteiger partial charge in [0.25, 0.3) is 0 Å². The molecule has 1 fully saturated rings. The molecule has 0 radical (unpaired) electrons. The van der Waals surface area contributed by atoms with Crippen LogP contribution in [0.2, 0.25) is 0 Å². The van der Waals surface area contributed by atoms with Gasteiger partial charge in [-0.1, -0.05) is 18.0 Å². The van der Waals surface area contributed by atoms with Crippen molar-refractivity contribution in [2.45, 2.75) is 38.1 Å². The molecule has 2 aromatic rings. The highest BCUT2D eigenvalue weighted by Gasteiger charge is 2.30. The number of nitrogens with two attached hydrogens (primary N) is 1. The Bertz CT molecular complexity index is 499. The molecule has 5 nitrogen and oxygen atoms in total. The summed E-state index contributed by atoms with van der Waals surface area (Å²) in [5.41, 5.74) is 5.53. The zero-order valence-corrected chi connectivity index (χ0v) is 11.0. The van der Waals surface area contributed by atoms with Crippen LogP contribution in [0.25, 0.3) is 0 Å². The topological polar surface area (TPSA) is 69.9 Å². The Labute approximate surface area is 112 Å². The summed E-state index contributed by atoms with van der Waals surface area (Å²) in [5, 5.41) is 4.17. The van der Waals surface area contributed by atoms with Crippen LogP contribution in [0.3, 0.4) is 0 Å². The Hall–Kier alpha value is -1.62. The van der Waals surface area contributed by atoms with Crippen molar-refractivity contribution in [3.05, 3.63) is 36.2 Å². The zero-order valence-electron chi connectivity index (χ0n) is 11.0. The second kappa shape index (κ2) is 5.57. The van der Waals surface area contributed by atoms with E-state index in [-0.39, 0.29) is 6.04 Å². The van der Waals surface area contributed by atoms with Gasteiger partial charge in [0, 0.05) is 25.4 Å². The van der Waals surface area contributed by atoms with Gasteiger partial charge in [0.1, 0.15) is 0 Å². The van der Waals surface area contributed by atoms with Crippen molar-refractivity contribution in [2.75, 3.05) is 6.54 Å². The molecule has 2 N–H and O–H groups in total. The summed E-state index contributed by atoms with van der Waals surface area (Å²) in [6.45, 7) is 0.541. The highest BCUT2D eigenvalue weighted by Crippen LogP contribution is 2.37. The standard InChI is InChI=1S/C14H20N4O/c15-8-7-12-16-14(17-19-12)13(11-5-1-2-6-11)18-9-3-4-10-18/h3-4,9-11,13H,1-2,5-8,15H2/t13-/m1/s1. The van der Waals surface area contributed by atoms with Gasteiger partial charge in [-0.2, -0.15) is 4.98 Å². The van der Waals surface area contributed by atoms with Crippen LogP contribution in [0.1, 0.15) is 43.4 Å². The molecule has 0 spiro atoms. The maximum atomic E-state index is 5.53. The van der Waals surface area contributed by atoms with Crippen molar-refractivity contribution >= 4 is 0 Å². The highest BCUT2D eigenvalue weighted by atomic mass is 16.5. The maximum Gasteiger partial charge on any atom is 0.227 e. The van der Waals surface area contributed by atoms with Gasteiger partial charge in [-0.05, 0) is 30.9 Å². The Morgan fingerprint density at radius 1 is 1.32 bits per heavy atom. The summed E-state index contributed by atoms with van der Waals surface area (Å²) in [4.78, 5) is 4.52. The van der Waals surface area contributed by atoms with Gasteiger partial charge in [-0.3, -0.25) is 0 Å². The van der Waals surface area contributed by atoms with Crippen LogP contribution in [0.15, 0.2) is 29.0 Å². The first kappa shape index (κ1) is 12.4. The molecule has 0 bridgehead atoms. The van der Waals surface area contributed by atoms with Gasteiger partial charge in [-0.15, -0.1) is 0 Å².